The maximum absolute atomic E-state index is 14.0. The second-order valence-corrected chi connectivity index (χ2v) is 5.28. The number of nitrogens with zero attached hydrogens (tertiary/aromatic N) is 2. The van der Waals surface area contributed by atoms with Crippen molar-refractivity contribution in [3.05, 3.63) is 53.4 Å². The van der Waals surface area contributed by atoms with Crippen LogP contribution >= 0.6 is 0 Å². The Morgan fingerprint density at radius 3 is 2.68 bits per heavy atom. The number of Topliss-reactive ketones (excluding diaryl/α,β-unsaturated/α-hetero) is 1. The van der Waals surface area contributed by atoms with Crippen LogP contribution in [0.1, 0.15) is 21.7 Å². The van der Waals surface area contributed by atoms with Gasteiger partial charge < -0.3 is 10.1 Å². The molecule has 0 radical (unpaired) electrons. The molecule has 1 N–H and O–H groups in total. The molecule has 0 aliphatic carbocycles. The summed E-state index contributed by atoms with van der Waals surface area (Å²) in [4.78, 5) is 20.1. The number of nitrogens with one attached hydrogen (secondary N) is 1. The average Bonchev–Trinajstić information content (AvgIpc) is 2.45. The van der Waals surface area contributed by atoms with Crippen molar-refractivity contribution in [2.45, 2.75) is 19.4 Å². The number of aryl methyl sites for hydroxylation is 1. The molecule has 1 aliphatic heterocycles. The number of carbonyl (C=O) groups excluding carboxylic acids is 1. The summed E-state index contributed by atoms with van der Waals surface area (Å²) in [5, 5.41) is 3.06. The molecule has 0 spiro atoms. The van der Waals surface area contributed by atoms with E-state index in [0.717, 1.165) is 13.1 Å². The van der Waals surface area contributed by atoms with E-state index < -0.39 is 5.82 Å². The van der Waals surface area contributed by atoms with Crippen LogP contribution in [0.25, 0.3) is 0 Å². The SMILES string of the molecule is Cc1ncc(C(=O)Cc2ccc(OC3CNC3)c(F)c2)cn1. The normalized spacial score (nSPS) is 14.5. The third kappa shape index (κ3) is 3.28. The highest BCUT2D eigenvalue weighted by Crippen LogP contribution is 2.21. The van der Waals surface area contributed by atoms with E-state index in [2.05, 4.69) is 15.3 Å². The standard InChI is InChI=1S/C16H16FN3O2/c1-10-19-6-12(7-20-10)15(21)5-11-2-3-16(14(17)4-11)22-13-8-18-9-13/h2-4,6-7,13,18H,5,8-9H2,1H3. The van der Waals surface area contributed by atoms with E-state index in [1.54, 1.807) is 19.1 Å². The molecule has 22 heavy (non-hydrogen) atoms. The number of hydrogen-bond donors (Lipinski definition) is 1. The first-order valence-corrected chi connectivity index (χ1v) is 7.09. The third-order valence-corrected chi connectivity index (χ3v) is 3.50. The third-order valence-electron chi connectivity index (χ3n) is 3.50. The maximum Gasteiger partial charge on any atom is 0.170 e. The fraction of sp³-hybridized carbons (Fsp3) is 0.312. The predicted molar refractivity (Wildman–Crippen MR) is 78.5 cm³/mol. The lowest BCUT2D eigenvalue weighted by Gasteiger charge is -2.28. The van der Waals surface area contributed by atoms with Gasteiger partial charge in [0.1, 0.15) is 11.9 Å². The molecule has 1 aromatic carbocycles. The van der Waals surface area contributed by atoms with Crippen molar-refractivity contribution < 1.29 is 13.9 Å². The molecule has 0 atom stereocenters. The van der Waals surface area contributed by atoms with E-state index in [0.29, 0.717) is 17.0 Å². The Balaban J connectivity index is 1.68. The Morgan fingerprint density at radius 1 is 1.36 bits per heavy atom. The highest BCUT2D eigenvalue weighted by molar-refractivity contribution is 5.96. The van der Waals surface area contributed by atoms with Gasteiger partial charge in [-0.1, -0.05) is 6.07 Å². The van der Waals surface area contributed by atoms with E-state index in [-0.39, 0.29) is 24.1 Å². The Morgan fingerprint density at radius 2 is 2.09 bits per heavy atom. The molecule has 0 saturated carbocycles. The molecule has 1 aliphatic rings. The Bertz CT molecular complexity index is 684. The molecular formula is C16H16FN3O2. The Kier molecular flexibility index (Phi) is 4.11. The van der Waals surface area contributed by atoms with Crippen LogP contribution in [0.15, 0.2) is 30.6 Å². The molecule has 3 rings (SSSR count). The van der Waals surface area contributed by atoms with Crippen molar-refractivity contribution in [2.24, 2.45) is 0 Å². The average molecular weight is 301 g/mol. The van der Waals surface area contributed by atoms with Gasteiger partial charge in [-0.25, -0.2) is 14.4 Å². The minimum absolute atomic E-state index is 0.0201. The zero-order chi connectivity index (χ0) is 15.5. The van der Waals surface area contributed by atoms with Crippen LogP contribution in [-0.4, -0.2) is 34.9 Å². The van der Waals surface area contributed by atoms with Gasteiger partial charge in [0.05, 0.1) is 5.56 Å². The van der Waals surface area contributed by atoms with E-state index >= 15 is 0 Å². The van der Waals surface area contributed by atoms with Gasteiger partial charge in [0, 0.05) is 31.9 Å². The van der Waals surface area contributed by atoms with Crippen LogP contribution in [0, 0.1) is 12.7 Å². The summed E-state index contributed by atoms with van der Waals surface area (Å²) in [7, 11) is 0. The summed E-state index contributed by atoms with van der Waals surface area (Å²) >= 11 is 0. The van der Waals surface area contributed by atoms with E-state index in [1.165, 1.54) is 18.5 Å². The number of benzene rings is 1. The van der Waals surface area contributed by atoms with Gasteiger partial charge in [-0.15, -0.1) is 0 Å². The van der Waals surface area contributed by atoms with Crippen molar-refractivity contribution in [2.75, 3.05) is 13.1 Å². The van der Waals surface area contributed by atoms with Gasteiger partial charge >= 0.3 is 0 Å². The molecule has 2 aromatic rings. The first kappa shape index (κ1) is 14.6. The number of ketones is 1. The van der Waals surface area contributed by atoms with Crippen LogP contribution < -0.4 is 10.1 Å². The summed E-state index contributed by atoms with van der Waals surface area (Å²) in [6.45, 7) is 3.21. The second-order valence-electron chi connectivity index (χ2n) is 5.28. The zero-order valence-corrected chi connectivity index (χ0v) is 12.2. The monoisotopic (exact) mass is 301 g/mol. The molecule has 1 aromatic heterocycles. The molecule has 1 fully saturated rings. The summed E-state index contributed by atoms with van der Waals surface area (Å²) in [5.41, 5.74) is 1.02. The van der Waals surface area contributed by atoms with Crippen molar-refractivity contribution in [1.29, 1.82) is 0 Å². The Hall–Kier alpha value is -2.34. The number of ether oxygens (including phenoxy) is 1. The van der Waals surface area contributed by atoms with Crippen LogP contribution in [0.2, 0.25) is 0 Å². The van der Waals surface area contributed by atoms with Crippen molar-refractivity contribution in [1.82, 2.24) is 15.3 Å². The quantitative estimate of drug-likeness (QED) is 0.852. The van der Waals surface area contributed by atoms with Gasteiger partial charge in [0.2, 0.25) is 0 Å². The predicted octanol–water partition coefficient (Wildman–Crippen LogP) is 1.70. The number of rotatable bonds is 5. The topological polar surface area (TPSA) is 64.1 Å². The zero-order valence-electron chi connectivity index (χ0n) is 12.2. The minimum Gasteiger partial charge on any atom is -0.485 e. The largest absolute Gasteiger partial charge is 0.485 e. The van der Waals surface area contributed by atoms with Gasteiger partial charge in [0.15, 0.2) is 17.3 Å². The van der Waals surface area contributed by atoms with Crippen LogP contribution in [0.5, 0.6) is 5.75 Å². The van der Waals surface area contributed by atoms with Crippen LogP contribution in [-0.2, 0) is 6.42 Å². The molecule has 2 heterocycles. The molecule has 5 nitrogen and oxygen atoms in total. The van der Waals surface area contributed by atoms with E-state index in [4.69, 9.17) is 4.74 Å². The summed E-state index contributed by atoms with van der Waals surface area (Å²) in [6.07, 6.45) is 3.10. The number of hydrogen-bond acceptors (Lipinski definition) is 5. The van der Waals surface area contributed by atoms with Crippen LogP contribution in [0.4, 0.5) is 4.39 Å². The van der Waals surface area contributed by atoms with Gasteiger partial charge in [-0.05, 0) is 24.6 Å². The van der Waals surface area contributed by atoms with Crippen LogP contribution in [0.3, 0.4) is 0 Å². The van der Waals surface area contributed by atoms with Crippen molar-refractivity contribution in [3.63, 3.8) is 0 Å². The smallest absolute Gasteiger partial charge is 0.170 e. The number of aromatic nitrogens is 2. The fourth-order valence-electron chi connectivity index (χ4n) is 2.10. The van der Waals surface area contributed by atoms with Crippen molar-refractivity contribution >= 4 is 5.78 Å². The lowest BCUT2D eigenvalue weighted by molar-refractivity contribution is 0.0992. The first-order valence-electron chi connectivity index (χ1n) is 7.09. The molecule has 0 bridgehead atoms. The lowest BCUT2D eigenvalue weighted by Crippen LogP contribution is -2.50. The van der Waals surface area contributed by atoms with Gasteiger partial charge in [-0.3, -0.25) is 4.79 Å². The molecular weight excluding hydrogens is 285 g/mol. The second kappa shape index (κ2) is 6.19. The van der Waals surface area contributed by atoms with E-state index in [9.17, 15) is 9.18 Å². The molecule has 114 valence electrons. The summed E-state index contributed by atoms with van der Waals surface area (Å²) in [5.74, 6) is 0.240. The summed E-state index contributed by atoms with van der Waals surface area (Å²) in [6, 6.07) is 4.62. The number of halogens is 1. The number of carbonyl (C=O) groups is 1. The highest BCUT2D eigenvalue weighted by Gasteiger charge is 2.20. The maximum atomic E-state index is 14.0. The minimum atomic E-state index is -0.447. The fourth-order valence-corrected chi connectivity index (χ4v) is 2.10. The first-order chi connectivity index (χ1) is 10.6. The van der Waals surface area contributed by atoms with Gasteiger partial charge in [-0.2, -0.15) is 0 Å². The highest BCUT2D eigenvalue weighted by atomic mass is 19.1. The lowest BCUT2D eigenvalue weighted by atomic mass is 10.0. The summed E-state index contributed by atoms with van der Waals surface area (Å²) < 4.78 is 19.5. The molecule has 1 saturated heterocycles. The van der Waals surface area contributed by atoms with E-state index in [1.807, 2.05) is 0 Å². The molecule has 6 heteroatoms. The Labute approximate surface area is 127 Å². The molecule has 0 unspecified atom stereocenters. The van der Waals surface area contributed by atoms with Gasteiger partial charge in [0.25, 0.3) is 0 Å². The molecule has 0 amide bonds. The van der Waals surface area contributed by atoms with Crippen molar-refractivity contribution in [3.8, 4) is 5.75 Å².